The second-order valence-corrected chi connectivity index (χ2v) is 10.3. The van der Waals surface area contributed by atoms with Gasteiger partial charge in [-0.15, -0.1) is 0 Å². The molecule has 43 heavy (non-hydrogen) atoms. The molecule has 0 heterocycles. The Balaban J connectivity index is 1.40. The van der Waals surface area contributed by atoms with E-state index in [0.29, 0.717) is 46.1 Å². The Morgan fingerprint density at radius 2 is 1.33 bits per heavy atom. The molecule has 0 N–H and O–H groups in total. The van der Waals surface area contributed by atoms with Crippen LogP contribution in [0.3, 0.4) is 0 Å². The highest BCUT2D eigenvalue weighted by atomic mass is 16.7. The molecule has 0 saturated heterocycles. The number of esters is 4. The molecule has 1 aliphatic carbocycles. The highest BCUT2D eigenvalue weighted by Gasteiger charge is 2.30. The van der Waals surface area contributed by atoms with Gasteiger partial charge in [-0.3, -0.25) is 0 Å². The first-order valence-electron chi connectivity index (χ1n) is 14.0. The molecule has 3 rings (SSSR count). The largest absolute Gasteiger partial charge is 0.462 e. The van der Waals surface area contributed by atoms with Gasteiger partial charge in [0, 0.05) is 12.2 Å². The van der Waals surface area contributed by atoms with E-state index in [4.69, 9.17) is 28.4 Å². The van der Waals surface area contributed by atoms with Crippen molar-refractivity contribution in [1.29, 1.82) is 0 Å². The lowest BCUT2D eigenvalue weighted by atomic mass is 9.77. The SMILES string of the molecule is C=CC(=O)OCOc1ccc(C(=O)OCCC2CCC(OC(=O)c3ccc(OCOC(=O)C=C)c(C)c3)CC2C)cc1C. The van der Waals surface area contributed by atoms with E-state index in [2.05, 4.69) is 20.1 Å². The van der Waals surface area contributed by atoms with E-state index in [1.54, 1.807) is 50.2 Å². The summed E-state index contributed by atoms with van der Waals surface area (Å²) in [6.07, 6.45) is 4.92. The minimum atomic E-state index is -0.585. The summed E-state index contributed by atoms with van der Waals surface area (Å²) >= 11 is 0. The van der Waals surface area contributed by atoms with E-state index < -0.39 is 23.9 Å². The standard InChI is InChI=1S/C33H38O10/c1-6-30(34)41-19-39-28-12-9-25(16-22(28)4)32(36)38-15-14-24-8-11-27(18-21(24)3)43-33(37)26-10-13-29(23(5)17-26)40-20-42-31(35)7-2/h6-7,9-10,12-13,16-17,21,24,27H,1-2,8,11,14-15,18-20H2,3-5H3. The molecule has 2 aromatic rings. The Hall–Kier alpha value is -4.60. The zero-order chi connectivity index (χ0) is 31.4. The van der Waals surface area contributed by atoms with Crippen molar-refractivity contribution >= 4 is 23.9 Å². The van der Waals surface area contributed by atoms with Crippen LogP contribution in [0.4, 0.5) is 0 Å². The summed E-state index contributed by atoms with van der Waals surface area (Å²) in [6.45, 7) is 12.1. The number of aryl methyl sites for hydroxylation is 2. The highest BCUT2D eigenvalue weighted by Crippen LogP contribution is 2.34. The Morgan fingerprint density at radius 1 is 0.791 bits per heavy atom. The fraction of sp³-hybridized carbons (Fsp3) is 0.394. The van der Waals surface area contributed by atoms with Gasteiger partial charge in [0.1, 0.15) is 17.6 Å². The van der Waals surface area contributed by atoms with Crippen molar-refractivity contribution in [2.75, 3.05) is 20.2 Å². The van der Waals surface area contributed by atoms with Gasteiger partial charge in [0.2, 0.25) is 13.6 Å². The lowest BCUT2D eigenvalue weighted by Gasteiger charge is -2.33. The van der Waals surface area contributed by atoms with E-state index in [-0.39, 0.29) is 32.2 Å². The molecule has 0 spiro atoms. The monoisotopic (exact) mass is 594 g/mol. The van der Waals surface area contributed by atoms with Crippen LogP contribution in [-0.2, 0) is 28.5 Å². The van der Waals surface area contributed by atoms with Gasteiger partial charge in [-0.25, -0.2) is 19.2 Å². The van der Waals surface area contributed by atoms with Gasteiger partial charge in [0.15, 0.2) is 0 Å². The number of carbonyl (C=O) groups excluding carboxylic acids is 4. The maximum absolute atomic E-state index is 12.8. The molecule has 230 valence electrons. The van der Waals surface area contributed by atoms with Crippen LogP contribution in [0.1, 0.15) is 64.4 Å². The normalized spacial score (nSPS) is 17.6. The smallest absolute Gasteiger partial charge is 0.338 e. The second kappa shape index (κ2) is 16.1. The minimum Gasteiger partial charge on any atom is -0.462 e. The summed E-state index contributed by atoms with van der Waals surface area (Å²) in [7, 11) is 0. The summed E-state index contributed by atoms with van der Waals surface area (Å²) in [5.74, 6) is -0.383. The third kappa shape index (κ3) is 10.0. The zero-order valence-corrected chi connectivity index (χ0v) is 24.8. The first-order valence-corrected chi connectivity index (χ1v) is 14.0. The molecule has 0 aliphatic heterocycles. The van der Waals surface area contributed by atoms with Crippen LogP contribution in [0.2, 0.25) is 0 Å². The maximum Gasteiger partial charge on any atom is 0.338 e. The molecule has 0 aromatic heterocycles. The van der Waals surface area contributed by atoms with Crippen molar-refractivity contribution in [2.45, 2.75) is 52.6 Å². The molecule has 1 saturated carbocycles. The molecule has 1 aliphatic rings. The van der Waals surface area contributed by atoms with Crippen LogP contribution in [0.5, 0.6) is 11.5 Å². The van der Waals surface area contributed by atoms with Gasteiger partial charge in [-0.2, -0.15) is 0 Å². The Bertz CT molecular complexity index is 1330. The molecular formula is C33H38O10. The van der Waals surface area contributed by atoms with Gasteiger partial charge in [-0.1, -0.05) is 20.1 Å². The lowest BCUT2D eigenvalue weighted by Crippen LogP contribution is -2.30. The van der Waals surface area contributed by atoms with Crippen LogP contribution >= 0.6 is 0 Å². The Labute approximate surface area is 251 Å². The first-order chi connectivity index (χ1) is 20.6. The maximum atomic E-state index is 12.8. The van der Waals surface area contributed by atoms with Crippen molar-refractivity contribution in [3.05, 3.63) is 84.0 Å². The quantitative estimate of drug-likeness (QED) is 0.117. The van der Waals surface area contributed by atoms with Crippen molar-refractivity contribution < 1.29 is 47.6 Å². The van der Waals surface area contributed by atoms with Crippen molar-refractivity contribution in [3.8, 4) is 11.5 Å². The van der Waals surface area contributed by atoms with Gasteiger partial charge in [0.05, 0.1) is 17.7 Å². The number of hydrogen-bond acceptors (Lipinski definition) is 10. The van der Waals surface area contributed by atoms with E-state index in [9.17, 15) is 19.2 Å². The fourth-order valence-corrected chi connectivity index (χ4v) is 4.85. The van der Waals surface area contributed by atoms with E-state index in [0.717, 1.165) is 31.4 Å². The van der Waals surface area contributed by atoms with Gasteiger partial charge in [-0.05, 0) is 98.9 Å². The van der Waals surface area contributed by atoms with E-state index in [1.807, 2.05) is 0 Å². The molecule has 1 fully saturated rings. The number of hydrogen-bond donors (Lipinski definition) is 0. The summed E-state index contributed by atoms with van der Waals surface area (Å²) in [6, 6.07) is 9.84. The van der Waals surface area contributed by atoms with Crippen LogP contribution in [0.25, 0.3) is 0 Å². The third-order valence-electron chi connectivity index (χ3n) is 7.28. The van der Waals surface area contributed by atoms with Crippen LogP contribution in [-0.4, -0.2) is 50.2 Å². The second-order valence-electron chi connectivity index (χ2n) is 10.3. The van der Waals surface area contributed by atoms with Gasteiger partial charge < -0.3 is 28.4 Å². The van der Waals surface area contributed by atoms with Crippen LogP contribution < -0.4 is 9.47 Å². The average Bonchev–Trinajstić information content (AvgIpc) is 2.99. The fourth-order valence-electron chi connectivity index (χ4n) is 4.85. The van der Waals surface area contributed by atoms with Crippen molar-refractivity contribution in [3.63, 3.8) is 0 Å². The molecule has 2 aromatic carbocycles. The van der Waals surface area contributed by atoms with Gasteiger partial charge >= 0.3 is 23.9 Å². The lowest BCUT2D eigenvalue weighted by molar-refractivity contribution is -0.145. The average molecular weight is 595 g/mol. The molecule has 0 bridgehead atoms. The summed E-state index contributed by atoms with van der Waals surface area (Å²) < 4.78 is 31.8. The number of ether oxygens (including phenoxy) is 6. The zero-order valence-electron chi connectivity index (χ0n) is 24.8. The summed E-state index contributed by atoms with van der Waals surface area (Å²) in [5.41, 5.74) is 2.24. The van der Waals surface area contributed by atoms with Crippen LogP contribution in [0.15, 0.2) is 61.7 Å². The topological polar surface area (TPSA) is 124 Å². The van der Waals surface area contributed by atoms with Gasteiger partial charge in [0.25, 0.3) is 0 Å². The predicted octanol–water partition coefficient (Wildman–Crippen LogP) is 5.64. The Kier molecular flexibility index (Phi) is 12.4. The number of rotatable bonds is 14. The third-order valence-corrected chi connectivity index (χ3v) is 7.28. The molecular weight excluding hydrogens is 556 g/mol. The number of benzene rings is 2. The molecule has 0 amide bonds. The minimum absolute atomic E-state index is 0.195. The molecule has 10 heteroatoms. The van der Waals surface area contributed by atoms with Crippen LogP contribution in [0, 0.1) is 25.7 Å². The molecule has 10 nitrogen and oxygen atoms in total. The highest BCUT2D eigenvalue weighted by molar-refractivity contribution is 5.90. The predicted molar refractivity (Wildman–Crippen MR) is 157 cm³/mol. The van der Waals surface area contributed by atoms with Crippen molar-refractivity contribution in [2.24, 2.45) is 11.8 Å². The van der Waals surface area contributed by atoms with E-state index in [1.165, 1.54) is 0 Å². The summed E-state index contributed by atoms with van der Waals surface area (Å²) in [5, 5.41) is 0. The summed E-state index contributed by atoms with van der Waals surface area (Å²) in [4.78, 5) is 47.6. The Morgan fingerprint density at radius 3 is 1.81 bits per heavy atom. The number of carbonyl (C=O) groups is 4. The first kappa shape index (κ1) is 32.9. The molecule has 3 unspecified atom stereocenters. The van der Waals surface area contributed by atoms with Crippen molar-refractivity contribution in [1.82, 2.24) is 0 Å². The molecule has 0 radical (unpaired) electrons. The molecule has 3 atom stereocenters. The van der Waals surface area contributed by atoms with E-state index >= 15 is 0 Å².